The number of nitrogens with one attached hydrogen (secondary N) is 1. The highest BCUT2D eigenvalue weighted by Gasteiger charge is 2.36. The number of benzene rings is 1. The van der Waals surface area contributed by atoms with Gasteiger partial charge in [-0.25, -0.2) is 0 Å². The SMILES string of the molecule is CC(NC(=O)[C@@H](N)CC(=O)O)(C(N)=O)c1ccccc1. The Bertz CT molecular complexity index is 518. The molecule has 2 atom stereocenters. The third kappa shape index (κ3) is 3.55. The fourth-order valence-electron chi connectivity index (χ4n) is 1.67. The lowest BCUT2D eigenvalue weighted by molar-refractivity contribution is -0.140. The second-order valence-corrected chi connectivity index (χ2v) is 4.55. The molecule has 108 valence electrons. The molecule has 0 aliphatic rings. The molecule has 0 spiro atoms. The van der Waals surface area contributed by atoms with Crippen molar-refractivity contribution < 1.29 is 19.5 Å². The molecule has 0 saturated heterocycles. The van der Waals surface area contributed by atoms with Crippen LogP contribution in [0.2, 0.25) is 0 Å². The second-order valence-electron chi connectivity index (χ2n) is 4.55. The Kier molecular flexibility index (Phi) is 4.82. The van der Waals surface area contributed by atoms with Crippen LogP contribution in [0.1, 0.15) is 18.9 Å². The van der Waals surface area contributed by atoms with E-state index in [1.54, 1.807) is 30.3 Å². The highest BCUT2D eigenvalue weighted by molar-refractivity contribution is 5.93. The molecular weight excluding hydrogens is 262 g/mol. The normalized spacial score (nSPS) is 14.9. The zero-order chi connectivity index (χ0) is 15.3. The van der Waals surface area contributed by atoms with Gasteiger partial charge in [-0.15, -0.1) is 0 Å². The van der Waals surface area contributed by atoms with E-state index < -0.39 is 35.8 Å². The summed E-state index contributed by atoms with van der Waals surface area (Å²) >= 11 is 0. The Labute approximate surface area is 115 Å². The molecule has 7 heteroatoms. The van der Waals surface area contributed by atoms with Gasteiger partial charge in [-0.2, -0.15) is 0 Å². The smallest absolute Gasteiger partial charge is 0.305 e. The zero-order valence-electron chi connectivity index (χ0n) is 11.0. The van der Waals surface area contributed by atoms with Crippen molar-refractivity contribution in [2.24, 2.45) is 11.5 Å². The number of aliphatic carboxylic acids is 1. The first-order chi connectivity index (χ1) is 9.27. The summed E-state index contributed by atoms with van der Waals surface area (Å²) in [6.07, 6.45) is -0.532. The monoisotopic (exact) mass is 279 g/mol. The molecule has 1 aromatic carbocycles. The van der Waals surface area contributed by atoms with Crippen LogP contribution < -0.4 is 16.8 Å². The Morgan fingerprint density at radius 1 is 1.30 bits per heavy atom. The minimum Gasteiger partial charge on any atom is -0.481 e. The molecule has 1 rings (SSSR count). The van der Waals surface area contributed by atoms with E-state index in [0.29, 0.717) is 5.56 Å². The number of nitrogens with two attached hydrogens (primary N) is 2. The fourth-order valence-corrected chi connectivity index (χ4v) is 1.67. The number of carbonyl (C=O) groups excluding carboxylic acids is 2. The lowest BCUT2D eigenvalue weighted by Crippen LogP contribution is -2.56. The Morgan fingerprint density at radius 2 is 1.85 bits per heavy atom. The van der Waals surface area contributed by atoms with E-state index in [-0.39, 0.29) is 0 Å². The van der Waals surface area contributed by atoms with Crippen molar-refractivity contribution in [3.05, 3.63) is 35.9 Å². The van der Waals surface area contributed by atoms with Crippen LogP contribution in [0.25, 0.3) is 0 Å². The number of hydrogen-bond donors (Lipinski definition) is 4. The summed E-state index contributed by atoms with van der Waals surface area (Å²) in [7, 11) is 0. The van der Waals surface area contributed by atoms with Crippen LogP contribution in [0.5, 0.6) is 0 Å². The Balaban J connectivity index is 2.96. The van der Waals surface area contributed by atoms with Crippen molar-refractivity contribution in [3.8, 4) is 0 Å². The predicted octanol–water partition coefficient (Wildman–Crippen LogP) is -0.695. The van der Waals surface area contributed by atoms with Crippen molar-refractivity contribution in [1.29, 1.82) is 0 Å². The Hall–Kier alpha value is -2.41. The summed E-state index contributed by atoms with van der Waals surface area (Å²) in [5.74, 6) is -2.72. The molecule has 6 N–H and O–H groups in total. The lowest BCUT2D eigenvalue weighted by atomic mass is 9.90. The van der Waals surface area contributed by atoms with Gasteiger partial charge in [-0.3, -0.25) is 14.4 Å². The summed E-state index contributed by atoms with van der Waals surface area (Å²) in [4.78, 5) is 34.0. The van der Waals surface area contributed by atoms with Crippen LogP contribution in [0.15, 0.2) is 30.3 Å². The average molecular weight is 279 g/mol. The molecule has 0 fully saturated rings. The lowest BCUT2D eigenvalue weighted by Gasteiger charge is -2.29. The van der Waals surface area contributed by atoms with E-state index >= 15 is 0 Å². The largest absolute Gasteiger partial charge is 0.481 e. The van der Waals surface area contributed by atoms with Crippen molar-refractivity contribution in [2.75, 3.05) is 0 Å². The van der Waals surface area contributed by atoms with Crippen LogP contribution in [0, 0.1) is 0 Å². The van der Waals surface area contributed by atoms with Gasteiger partial charge in [0, 0.05) is 0 Å². The molecule has 0 radical (unpaired) electrons. The van der Waals surface area contributed by atoms with Crippen molar-refractivity contribution >= 4 is 17.8 Å². The molecule has 20 heavy (non-hydrogen) atoms. The summed E-state index contributed by atoms with van der Waals surface area (Å²) in [5.41, 5.74) is 9.84. The standard InChI is InChI=1S/C13H17N3O4/c1-13(12(15)20,8-5-3-2-4-6-8)16-11(19)9(14)7-10(17)18/h2-6,9H,7,14H2,1H3,(H2,15,20)(H,16,19)(H,17,18)/t9-,13?/m0/s1. The molecular formula is C13H17N3O4. The van der Waals surface area contributed by atoms with Gasteiger partial charge in [0.05, 0.1) is 12.5 Å². The fraction of sp³-hybridized carbons (Fsp3) is 0.308. The molecule has 0 aromatic heterocycles. The number of hydrogen-bond acceptors (Lipinski definition) is 4. The van der Waals surface area contributed by atoms with Gasteiger partial charge in [-0.05, 0) is 12.5 Å². The van der Waals surface area contributed by atoms with Gasteiger partial charge < -0.3 is 21.9 Å². The number of primary amides is 1. The van der Waals surface area contributed by atoms with E-state index in [4.69, 9.17) is 16.6 Å². The van der Waals surface area contributed by atoms with Crippen LogP contribution in [0.4, 0.5) is 0 Å². The molecule has 7 nitrogen and oxygen atoms in total. The van der Waals surface area contributed by atoms with Gasteiger partial charge in [0.2, 0.25) is 11.8 Å². The number of carboxylic acid groups (broad SMARTS) is 1. The first kappa shape index (κ1) is 15.6. The summed E-state index contributed by atoms with van der Waals surface area (Å²) < 4.78 is 0. The van der Waals surface area contributed by atoms with Crippen molar-refractivity contribution in [2.45, 2.75) is 24.9 Å². The Morgan fingerprint density at radius 3 is 2.30 bits per heavy atom. The molecule has 2 amide bonds. The van der Waals surface area contributed by atoms with Gasteiger partial charge in [0.25, 0.3) is 0 Å². The van der Waals surface area contributed by atoms with Crippen LogP contribution in [0.3, 0.4) is 0 Å². The number of amides is 2. The molecule has 0 saturated carbocycles. The van der Waals surface area contributed by atoms with E-state index in [9.17, 15) is 14.4 Å². The van der Waals surface area contributed by atoms with E-state index in [2.05, 4.69) is 5.32 Å². The number of rotatable bonds is 6. The topological polar surface area (TPSA) is 136 Å². The maximum atomic E-state index is 11.9. The zero-order valence-corrected chi connectivity index (χ0v) is 11.0. The third-order valence-electron chi connectivity index (χ3n) is 2.95. The quantitative estimate of drug-likeness (QED) is 0.546. The van der Waals surface area contributed by atoms with Crippen LogP contribution in [-0.2, 0) is 19.9 Å². The maximum absolute atomic E-state index is 11.9. The van der Waals surface area contributed by atoms with Crippen LogP contribution in [-0.4, -0.2) is 28.9 Å². The van der Waals surface area contributed by atoms with Gasteiger partial charge in [-0.1, -0.05) is 30.3 Å². The van der Waals surface area contributed by atoms with Crippen LogP contribution >= 0.6 is 0 Å². The molecule has 0 aliphatic heterocycles. The van der Waals surface area contributed by atoms with Gasteiger partial charge in [0.1, 0.15) is 5.54 Å². The van der Waals surface area contributed by atoms with Gasteiger partial charge in [0.15, 0.2) is 0 Å². The van der Waals surface area contributed by atoms with Gasteiger partial charge >= 0.3 is 5.97 Å². The van der Waals surface area contributed by atoms with E-state index in [1.807, 2.05) is 0 Å². The second kappa shape index (κ2) is 6.16. The molecule has 0 heterocycles. The minimum absolute atomic E-state index is 0.489. The predicted molar refractivity (Wildman–Crippen MR) is 71.4 cm³/mol. The number of carbonyl (C=O) groups is 3. The summed E-state index contributed by atoms with van der Waals surface area (Å²) in [5, 5.41) is 11.0. The molecule has 1 aromatic rings. The first-order valence-corrected chi connectivity index (χ1v) is 5.92. The highest BCUT2D eigenvalue weighted by Crippen LogP contribution is 2.20. The molecule has 0 aliphatic carbocycles. The van der Waals surface area contributed by atoms with Crippen molar-refractivity contribution in [3.63, 3.8) is 0 Å². The maximum Gasteiger partial charge on any atom is 0.305 e. The molecule has 0 bridgehead atoms. The third-order valence-corrected chi connectivity index (χ3v) is 2.95. The minimum atomic E-state index is -1.45. The average Bonchev–Trinajstić information content (AvgIpc) is 2.38. The van der Waals surface area contributed by atoms with Crippen molar-refractivity contribution in [1.82, 2.24) is 5.32 Å². The summed E-state index contributed by atoms with van der Waals surface area (Å²) in [6.45, 7) is 1.44. The molecule has 1 unspecified atom stereocenters. The first-order valence-electron chi connectivity index (χ1n) is 5.92. The summed E-state index contributed by atoms with van der Waals surface area (Å²) in [6, 6.07) is 7.15. The van der Waals surface area contributed by atoms with E-state index in [0.717, 1.165) is 0 Å². The highest BCUT2D eigenvalue weighted by atomic mass is 16.4. The number of carboxylic acids is 1. The van der Waals surface area contributed by atoms with E-state index in [1.165, 1.54) is 6.92 Å².